The molecule has 4 N–H and O–H groups in total. The van der Waals surface area contributed by atoms with Crippen molar-refractivity contribution in [1.82, 2.24) is 25.6 Å². The number of para-hydroxylation sites is 1. The molecular formula is C31H29N7O5S2. The summed E-state index contributed by atoms with van der Waals surface area (Å²) in [6, 6.07) is 23.6. The molecule has 0 atom stereocenters. The number of aromatic nitrogens is 3. The average molecular weight is 644 g/mol. The summed E-state index contributed by atoms with van der Waals surface area (Å²) < 4.78 is 21.9. The Morgan fingerprint density at radius 2 is 1.44 bits per heavy atom. The van der Waals surface area contributed by atoms with Crippen molar-refractivity contribution in [2.75, 3.05) is 31.4 Å². The Kier molecular flexibility index (Phi) is 10.3. The lowest BCUT2D eigenvalue weighted by atomic mass is 10.1. The van der Waals surface area contributed by atoms with Gasteiger partial charge in [-0.15, -0.1) is 0 Å². The van der Waals surface area contributed by atoms with Gasteiger partial charge in [-0.05, 0) is 66.2 Å². The molecule has 0 saturated heterocycles. The fourth-order valence-electron chi connectivity index (χ4n) is 4.20. The van der Waals surface area contributed by atoms with Crippen LogP contribution in [0.1, 0.15) is 11.1 Å². The largest absolute Gasteiger partial charge is 0.493 e. The molecule has 3 aromatic carbocycles. The molecule has 45 heavy (non-hydrogen) atoms. The third-order valence-corrected chi connectivity index (χ3v) is 6.81. The molecule has 0 bridgehead atoms. The maximum absolute atomic E-state index is 12.2. The summed E-state index contributed by atoms with van der Waals surface area (Å²) in [5.74, 6) is 1.69. The Hall–Kier alpha value is -5.34. The second kappa shape index (κ2) is 14.9. The molecule has 0 saturated carbocycles. The number of thiocarbonyl (C=S) groups is 2. The molecule has 14 heteroatoms. The van der Waals surface area contributed by atoms with Crippen molar-refractivity contribution in [3.63, 3.8) is 0 Å². The number of nitrogens with one attached hydrogen (secondary N) is 4. The molecule has 0 aliphatic carbocycles. The Morgan fingerprint density at radius 3 is 2.18 bits per heavy atom. The Bertz CT molecular complexity index is 1870. The van der Waals surface area contributed by atoms with Crippen molar-refractivity contribution < 1.29 is 18.6 Å². The highest BCUT2D eigenvalue weighted by Gasteiger charge is 2.14. The zero-order chi connectivity index (χ0) is 31.6. The van der Waals surface area contributed by atoms with Crippen LogP contribution in [0.2, 0.25) is 0 Å². The molecule has 5 rings (SSSR count). The number of fused-ring (bicyclic) bond motifs is 1. The SMILES string of the molecule is COc1ccc(CCNC(=S)Nc2nc(NC(=S)NCc3ccccc3)nc(Oc3cc(=O)oc4ccccc34)n2)cc1OC. The topological polar surface area (TPSA) is 145 Å². The molecule has 0 aliphatic rings. The molecule has 0 aliphatic heterocycles. The number of hydrogen-bond acceptors (Lipinski definition) is 10. The number of methoxy groups -OCH3 is 2. The van der Waals surface area contributed by atoms with E-state index in [1.165, 1.54) is 6.07 Å². The van der Waals surface area contributed by atoms with E-state index in [1.54, 1.807) is 38.5 Å². The van der Waals surface area contributed by atoms with Gasteiger partial charge >= 0.3 is 11.6 Å². The van der Waals surface area contributed by atoms with Gasteiger partial charge in [0.1, 0.15) is 11.3 Å². The zero-order valence-electron chi connectivity index (χ0n) is 24.3. The lowest BCUT2D eigenvalue weighted by Gasteiger charge is -2.14. The normalized spacial score (nSPS) is 10.5. The number of ether oxygens (including phenoxy) is 3. The van der Waals surface area contributed by atoms with Crippen LogP contribution >= 0.6 is 24.4 Å². The fraction of sp³-hybridized carbons (Fsp3) is 0.161. The van der Waals surface area contributed by atoms with E-state index in [-0.39, 0.29) is 33.9 Å². The first-order valence-corrected chi connectivity index (χ1v) is 14.5. The van der Waals surface area contributed by atoms with E-state index in [9.17, 15) is 4.79 Å². The molecule has 0 fully saturated rings. The highest BCUT2D eigenvalue weighted by Crippen LogP contribution is 2.28. The highest BCUT2D eigenvalue weighted by molar-refractivity contribution is 7.80. The van der Waals surface area contributed by atoms with Crippen molar-refractivity contribution >= 4 is 57.5 Å². The average Bonchev–Trinajstić information content (AvgIpc) is 3.04. The third kappa shape index (κ3) is 8.61. The van der Waals surface area contributed by atoms with E-state index in [0.717, 1.165) is 11.1 Å². The van der Waals surface area contributed by atoms with Gasteiger partial charge in [0.25, 0.3) is 0 Å². The van der Waals surface area contributed by atoms with Crippen LogP contribution in [0.3, 0.4) is 0 Å². The second-order valence-electron chi connectivity index (χ2n) is 9.41. The lowest BCUT2D eigenvalue weighted by Crippen LogP contribution is -2.32. The van der Waals surface area contributed by atoms with E-state index in [4.69, 9.17) is 43.1 Å². The minimum atomic E-state index is -0.583. The molecule has 0 radical (unpaired) electrons. The van der Waals surface area contributed by atoms with Crippen molar-refractivity contribution in [2.45, 2.75) is 13.0 Å². The first-order chi connectivity index (χ1) is 21.9. The summed E-state index contributed by atoms with van der Waals surface area (Å²) in [6.45, 7) is 1.01. The smallest absolute Gasteiger partial charge is 0.339 e. The summed E-state index contributed by atoms with van der Waals surface area (Å²) in [6.07, 6.45) is 0.658. The molecule has 2 heterocycles. The number of benzene rings is 3. The molecule has 0 spiro atoms. The number of nitrogens with zero attached hydrogens (tertiary/aromatic N) is 3. The molecule has 0 amide bonds. The molecule has 5 aromatic rings. The molecule has 230 valence electrons. The van der Waals surface area contributed by atoms with Crippen LogP contribution in [0, 0.1) is 0 Å². The predicted octanol–water partition coefficient (Wildman–Crippen LogP) is 4.80. The van der Waals surface area contributed by atoms with Crippen LogP contribution in [-0.4, -0.2) is 45.9 Å². The second-order valence-corrected chi connectivity index (χ2v) is 10.2. The minimum absolute atomic E-state index is 0.0873. The van der Waals surface area contributed by atoms with Gasteiger partial charge in [-0.3, -0.25) is 0 Å². The maximum Gasteiger partial charge on any atom is 0.339 e. The van der Waals surface area contributed by atoms with Gasteiger partial charge in [-0.2, -0.15) is 15.0 Å². The van der Waals surface area contributed by atoms with Crippen molar-refractivity contribution in [3.05, 3.63) is 100 Å². The lowest BCUT2D eigenvalue weighted by molar-refractivity contribution is 0.354. The van der Waals surface area contributed by atoms with Gasteiger partial charge in [0.15, 0.2) is 21.7 Å². The standard InChI is InChI=1S/C31H29N7O5S2/c1-40-23-13-12-19(16-25(23)41-2)14-15-32-30(44)37-27-34-28(38-31(45)33-18-20-8-4-3-5-9-20)36-29(35-27)43-24-17-26(39)42-22-11-7-6-10-21(22)24/h3-13,16-17H,14-15,18H2,1-2H3,(H4,32,33,34,35,36,37,38,44,45). The van der Waals surface area contributed by atoms with Gasteiger partial charge in [0, 0.05) is 13.1 Å². The first-order valence-electron chi connectivity index (χ1n) is 13.7. The summed E-state index contributed by atoms with van der Waals surface area (Å²) in [4.78, 5) is 25.3. The third-order valence-electron chi connectivity index (χ3n) is 6.32. The summed E-state index contributed by atoms with van der Waals surface area (Å²) in [7, 11) is 3.19. The van der Waals surface area contributed by atoms with Crippen LogP contribution in [0.15, 0.2) is 88.1 Å². The van der Waals surface area contributed by atoms with Crippen LogP contribution in [0.4, 0.5) is 11.9 Å². The minimum Gasteiger partial charge on any atom is -0.493 e. The monoisotopic (exact) mass is 643 g/mol. The van der Waals surface area contributed by atoms with Crippen LogP contribution in [-0.2, 0) is 13.0 Å². The quantitative estimate of drug-likeness (QED) is 0.115. The van der Waals surface area contributed by atoms with Crippen LogP contribution in [0.25, 0.3) is 11.0 Å². The summed E-state index contributed by atoms with van der Waals surface area (Å²) >= 11 is 11.0. The van der Waals surface area contributed by atoms with E-state index in [2.05, 4.69) is 36.2 Å². The van der Waals surface area contributed by atoms with Gasteiger partial charge in [0.2, 0.25) is 11.9 Å². The van der Waals surface area contributed by atoms with Crippen LogP contribution < -0.4 is 41.1 Å². The van der Waals surface area contributed by atoms with Gasteiger partial charge in [0.05, 0.1) is 25.7 Å². The van der Waals surface area contributed by atoms with E-state index >= 15 is 0 Å². The van der Waals surface area contributed by atoms with Gasteiger partial charge in [-0.25, -0.2) is 4.79 Å². The molecule has 2 aromatic heterocycles. The Morgan fingerprint density at radius 1 is 0.756 bits per heavy atom. The number of anilines is 2. The molecule has 0 unspecified atom stereocenters. The predicted molar refractivity (Wildman–Crippen MR) is 179 cm³/mol. The number of hydrogen-bond donors (Lipinski definition) is 4. The van der Waals surface area contributed by atoms with Gasteiger partial charge in [-0.1, -0.05) is 48.5 Å². The van der Waals surface area contributed by atoms with E-state index in [0.29, 0.717) is 42.0 Å². The summed E-state index contributed by atoms with van der Waals surface area (Å²) in [5.41, 5.74) is 1.85. The Labute approximate surface area is 269 Å². The van der Waals surface area contributed by atoms with E-state index < -0.39 is 5.63 Å². The summed E-state index contributed by atoms with van der Waals surface area (Å²) in [5, 5.41) is 13.3. The van der Waals surface area contributed by atoms with Crippen molar-refractivity contribution in [3.8, 4) is 23.3 Å². The van der Waals surface area contributed by atoms with Crippen molar-refractivity contribution in [1.29, 1.82) is 0 Å². The van der Waals surface area contributed by atoms with Gasteiger partial charge < -0.3 is 39.9 Å². The highest BCUT2D eigenvalue weighted by atomic mass is 32.1. The first kappa shape index (κ1) is 31.1. The Balaban J connectivity index is 1.31. The maximum atomic E-state index is 12.2. The zero-order valence-corrected chi connectivity index (χ0v) is 26.0. The van der Waals surface area contributed by atoms with Crippen molar-refractivity contribution in [2.24, 2.45) is 0 Å². The van der Waals surface area contributed by atoms with Crippen LogP contribution in [0.5, 0.6) is 23.3 Å². The molecular weight excluding hydrogens is 615 g/mol. The fourth-order valence-corrected chi connectivity index (χ4v) is 4.56. The van der Waals surface area contributed by atoms with E-state index in [1.807, 2.05) is 48.5 Å². The number of rotatable bonds is 11. The molecule has 12 nitrogen and oxygen atoms in total.